The van der Waals surface area contributed by atoms with Crippen LogP contribution in [0.15, 0.2) is 0 Å². The molecule has 90 valence electrons. The first-order valence-electron chi connectivity index (χ1n) is 5.91. The molecule has 2 aliphatic rings. The molecule has 1 atom stereocenters. The molecule has 2 aliphatic carbocycles. The normalized spacial score (nSPS) is 22.3. The molecule has 0 aromatic heterocycles. The standard InChI is InChI=1S/C11H17IN2O2/c12-14-9(6-7-2-1-3-7)10(15)11(16)13-8-4-5-8/h7-9,14H,1-6H2,(H,13,16). The van der Waals surface area contributed by atoms with Crippen molar-refractivity contribution in [3.8, 4) is 0 Å². The first-order chi connectivity index (χ1) is 7.70. The zero-order valence-electron chi connectivity index (χ0n) is 9.17. The quantitative estimate of drug-likeness (QED) is 0.437. The van der Waals surface area contributed by atoms with Crippen LogP contribution in [0.25, 0.3) is 0 Å². The number of ketones is 1. The third-order valence-corrected chi connectivity index (χ3v) is 4.13. The van der Waals surface area contributed by atoms with E-state index in [1.54, 1.807) is 0 Å². The lowest BCUT2D eigenvalue weighted by Crippen LogP contribution is -2.44. The van der Waals surface area contributed by atoms with Crippen molar-refractivity contribution in [1.29, 1.82) is 0 Å². The van der Waals surface area contributed by atoms with Crippen LogP contribution in [0.3, 0.4) is 0 Å². The predicted octanol–water partition coefficient (Wildman–Crippen LogP) is 1.33. The predicted molar refractivity (Wildman–Crippen MR) is 69.1 cm³/mol. The highest BCUT2D eigenvalue weighted by atomic mass is 127. The topological polar surface area (TPSA) is 58.2 Å². The van der Waals surface area contributed by atoms with E-state index in [-0.39, 0.29) is 17.9 Å². The Morgan fingerprint density at radius 2 is 1.94 bits per heavy atom. The van der Waals surface area contributed by atoms with E-state index in [2.05, 4.69) is 8.85 Å². The molecule has 0 bridgehead atoms. The molecule has 2 saturated carbocycles. The molecule has 0 radical (unpaired) electrons. The van der Waals surface area contributed by atoms with Crippen molar-refractivity contribution in [1.82, 2.24) is 8.85 Å². The molecular weight excluding hydrogens is 319 g/mol. The van der Waals surface area contributed by atoms with E-state index in [4.69, 9.17) is 0 Å². The fourth-order valence-corrected chi connectivity index (χ4v) is 2.44. The van der Waals surface area contributed by atoms with Gasteiger partial charge in [-0.2, -0.15) is 0 Å². The van der Waals surface area contributed by atoms with E-state index in [0.717, 1.165) is 19.3 Å². The fourth-order valence-electron chi connectivity index (χ4n) is 1.91. The molecule has 4 nitrogen and oxygen atoms in total. The third-order valence-electron chi connectivity index (χ3n) is 3.38. The van der Waals surface area contributed by atoms with E-state index in [0.29, 0.717) is 5.92 Å². The minimum absolute atomic E-state index is 0.259. The molecule has 1 amide bonds. The molecule has 1 unspecified atom stereocenters. The molecule has 0 heterocycles. The average Bonchev–Trinajstić information content (AvgIpc) is 2.99. The van der Waals surface area contributed by atoms with Crippen molar-refractivity contribution in [2.75, 3.05) is 0 Å². The Balaban J connectivity index is 1.80. The number of carbonyl (C=O) groups is 2. The van der Waals surface area contributed by atoms with Crippen LogP contribution in [-0.2, 0) is 9.59 Å². The molecule has 5 heteroatoms. The Hall–Kier alpha value is -0.170. The molecule has 0 aliphatic heterocycles. The number of hydrogen-bond acceptors (Lipinski definition) is 3. The number of nitrogens with one attached hydrogen (secondary N) is 2. The van der Waals surface area contributed by atoms with Crippen molar-refractivity contribution in [3.63, 3.8) is 0 Å². The minimum Gasteiger partial charge on any atom is -0.347 e. The average molecular weight is 336 g/mol. The summed E-state index contributed by atoms with van der Waals surface area (Å²) in [5.74, 6) is -0.0749. The molecule has 2 N–H and O–H groups in total. The Bertz CT molecular complexity index is 288. The highest BCUT2D eigenvalue weighted by molar-refractivity contribution is 14.1. The van der Waals surface area contributed by atoms with Gasteiger partial charge in [-0.15, -0.1) is 0 Å². The summed E-state index contributed by atoms with van der Waals surface area (Å²) in [6.07, 6.45) is 6.51. The van der Waals surface area contributed by atoms with Gasteiger partial charge in [-0.25, -0.2) is 3.53 Å². The van der Waals surface area contributed by atoms with E-state index in [1.807, 2.05) is 22.9 Å². The van der Waals surface area contributed by atoms with Crippen LogP contribution < -0.4 is 8.85 Å². The summed E-state index contributed by atoms with van der Waals surface area (Å²) in [6.45, 7) is 0. The molecule has 16 heavy (non-hydrogen) atoms. The first-order valence-corrected chi connectivity index (χ1v) is 6.99. The molecule has 0 spiro atoms. The smallest absolute Gasteiger partial charge is 0.289 e. The van der Waals surface area contributed by atoms with Gasteiger partial charge in [0.15, 0.2) is 0 Å². The fraction of sp³-hybridized carbons (Fsp3) is 0.818. The summed E-state index contributed by atoms with van der Waals surface area (Å²) in [7, 11) is 0. The molecule has 0 aromatic carbocycles. The number of rotatable bonds is 6. The number of carbonyl (C=O) groups excluding carboxylic acids is 2. The van der Waals surface area contributed by atoms with Gasteiger partial charge in [0, 0.05) is 28.9 Å². The van der Waals surface area contributed by atoms with Gasteiger partial charge >= 0.3 is 0 Å². The summed E-state index contributed by atoms with van der Waals surface area (Å²) >= 11 is 1.97. The van der Waals surface area contributed by atoms with E-state index >= 15 is 0 Å². The van der Waals surface area contributed by atoms with Gasteiger partial charge in [0.1, 0.15) is 0 Å². The lowest BCUT2D eigenvalue weighted by molar-refractivity contribution is -0.139. The summed E-state index contributed by atoms with van der Waals surface area (Å²) < 4.78 is 2.94. The van der Waals surface area contributed by atoms with Crippen LogP contribution in [0, 0.1) is 5.92 Å². The number of Topliss-reactive ketones (excluding diaryl/α,β-unsaturated/α-hetero) is 1. The maximum atomic E-state index is 11.8. The maximum Gasteiger partial charge on any atom is 0.289 e. The van der Waals surface area contributed by atoms with Crippen LogP contribution in [0.5, 0.6) is 0 Å². The summed E-state index contributed by atoms with van der Waals surface area (Å²) in [5.41, 5.74) is 0. The van der Waals surface area contributed by atoms with Crippen LogP contribution in [0.2, 0.25) is 0 Å². The van der Waals surface area contributed by atoms with E-state index in [9.17, 15) is 9.59 Å². The van der Waals surface area contributed by atoms with Crippen LogP contribution in [0.4, 0.5) is 0 Å². The molecular formula is C11H17IN2O2. The Morgan fingerprint density at radius 3 is 2.38 bits per heavy atom. The van der Waals surface area contributed by atoms with Gasteiger partial charge in [-0.1, -0.05) is 19.3 Å². The second kappa shape index (κ2) is 5.44. The van der Waals surface area contributed by atoms with Gasteiger partial charge in [0.25, 0.3) is 5.91 Å². The lowest BCUT2D eigenvalue weighted by Gasteiger charge is -2.28. The summed E-state index contributed by atoms with van der Waals surface area (Å²) in [4.78, 5) is 23.4. The van der Waals surface area contributed by atoms with Gasteiger partial charge in [-0.05, 0) is 25.2 Å². The molecule has 0 saturated heterocycles. The second-order valence-corrected chi connectivity index (χ2v) is 5.43. The van der Waals surface area contributed by atoms with Gasteiger partial charge in [0.05, 0.1) is 6.04 Å². The minimum atomic E-state index is -0.406. The van der Waals surface area contributed by atoms with Crippen LogP contribution in [0.1, 0.15) is 38.5 Å². The summed E-state index contributed by atoms with van der Waals surface area (Å²) in [6, 6.07) is -0.0420. The number of amides is 1. The highest BCUT2D eigenvalue weighted by Gasteiger charge is 2.32. The number of halogens is 1. The van der Waals surface area contributed by atoms with Gasteiger partial charge in [-0.3, -0.25) is 9.59 Å². The largest absolute Gasteiger partial charge is 0.347 e. The lowest BCUT2D eigenvalue weighted by atomic mass is 9.80. The van der Waals surface area contributed by atoms with Crippen molar-refractivity contribution in [2.45, 2.75) is 50.6 Å². The third kappa shape index (κ3) is 3.16. The van der Waals surface area contributed by atoms with Crippen LogP contribution in [-0.4, -0.2) is 23.8 Å². The SMILES string of the molecule is O=C(NC1CC1)C(=O)C(CC1CCC1)NI. The Morgan fingerprint density at radius 1 is 1.25 bits per heavy atom. The van der Waals surface area contributed by atoms with E-state index in [1.165, 1.54) is 19.3 Å². The summed E-state index contributed by atoms with van der Waals surface area (Å²) in [5, 5.41) is 2.75. The Kier molecular flexibility index (Phi) is 4.18. The monoisotopic (exact) mass is 336 g/mol. The van der Waals surface area contributed by atoms with Crippen molar-refractivity contribution >= 4 is 34.6 Å². The maximum absolute atomic E-state index is 11.8. The zero-order valence-corrected chi connectivity index (χ0v) is 11.3. The number of hydrogen-bond donors (Lipinski definition) is 2. The molecule has 2 rings (SSSR count). The van der Waals surface area contributed by atoms with Crippen molar-refractivity contribution in [2.24, 2.45) is 5.92 Å². The second-order valence-electron chi connectivity index (χ2n) is 4.81. The highest BCUT2D eigenvalue weighted by Crippen LogP contribution is 2.30. The molecule has 0 aromatic rings. The Labute approximate surface area is 109 Å². The zero-order chi connectivity index (χ0) is 11.5. The van der Waals surface area contributed by atoms with Gasteiger partial charge < -0.3 is 5.32 Å². The van der Waals surface area contributed by atoms with Crippen molar-refractivity contribution < 1.29 is 9.59 Å². The van der Waals surface area contributed by atoms with Crippen LogP contribution >= 0.6 is 22.9 Å². The van der Waals surface area contributed by atoms with Crippen molar-refractivity contribution in [3.05, 3.63) is 0 Å². The molecule has 2 fully saturated rings. The first kappa shape index (κ1) is 12.3. The van der Waals surface area contributed by atoms with Gasteiger partial charge in [0.2, 0.25) is 5.78 Å². The van der Waals surface area contributed by atoms with E-state index < -0.39 is 5.91 Å².